The summed E-state index contributed by atoms with van der Waals surface area (Å²) in [5.74, 6) is -1.69. The molecule has 0 aliphatic carbocycles. The Morgan fingerprint density at radius 1 is 1.58 bits per heavy atom. The molecular formula is C11H9ClFN3O3. The number of benzene rings is 1. The molecule has 0 radical (unpaired) electrons. The Balaban J connectivity index is 3.55. The van der Waals surface area contributed by atoms with E-state index in [1.807, 2.05) is 0 Å². The standard InChI is InChI=1S/C11H9ClFN3O3/c1-5(11(17)19-3)6-4-7(13)9(15-16-14)8(12)10(6)18-2/h4H,1H2,2-3H3. The van der Waals surface area contributed by atoms with Gasteiger partial charge in [0.05, 0.1) is 30.5 Å². The Morgan fingerprint density at radius 3 is 2.68 bits per heavy atom. The highest BCUT2D eigenvalue weighted by molar-refractivity contribution is 6.35. The average molecular weight is 286 g/mol. The molecule has 0 aliphatic rings. The van der Waals surface area contributed by atoms with E-state index in [0.717, 1.165) is 13.2 Å². The van der Waals surface area contributed by atoms with Crippen molar-refractivity contribution < 1.29 is 18.7 Å². The average Bonchev–Trinajstić information content (AvgIpc) is 2.41. The summed E-state index contributed by atoms with van der Waals surface area (Å²) in [7, 11) is 2.43. The van der Waals surface area contributed by atoms with Crippen molar-refractivity contribution in [1.82, 2.24) is 0 Å². The van der Waals surface area contributed by atoms with E-state index in [1.165, 1.54) is 7.11 Å². The molecule has 0 saturated carbocycles. The van der Waals surface area contributed by atoms with E-state index < -0.39 is 17.5 Å². The van der Waals surface area contributed by atoms with E-state index in [0.29, 0.717) is 0 Å². The molecule has 0 saturated heterocycles. The van der Waals surface area contributed by atoms with Crippen LogP contribution in [0.3, 0.4) is 0 Å². The number of ether oxygens (including phenoxy) is 2. The minimum absolute atomic E-state index is 0.0220. The monoisotopic (exact) mass is 285 g/mol. The molecule has 0 atom stereocenters. The lowest BCUT2D eigenvalue weighted by Gasteiger charge is -2.13. The van der Waals surface area contributed by atoms with Crippen molar-refractivity contribution in [2.24, 2.45) is 5.11 Å². The van der Waals surface area contributed by atoms with Gasteiger partial charge in [0.2, 0.25) is 0 Å². The summed E-state index contributed by atoms with van der Waals surface area (Å²) in [4.78, 5) is 13.8. The quantitative estimate of drug-likeness (QED) is 0.278. The maximum Gasteiger partial charge on any atom is 0.337 e. The van der Waals surface area contributed by atoms with E-state index >= 15 is 0 Å². The zero-order valence-corrected chi connectivity index (χ0v) is 10.9. The predicted octanol–water partition coefficient (Wildman–Crippen LogP) is 3.62. The molecule has 0 amide bonds. The molecule has 0 heterocycles. The molecule has 100 valence electrons. The second-order valence-corrected chi connectivity index (χ2v) is 3.64. The topological polar surface area (TPSA) is 84.3 Å². The molecule has 19 heavy (non-hydrogen) atoms. The molecule has 0 bridgehead atoms. The summed E-state index contributed by atoms with van der Waals surface area (Å²) in [6, 6.07) is 0.938. The highest BCUT2D eigenvalue weighted by Crippen LogP contribution is 2.41. The molecule has 0 fully saturated rings. The third kappa shape index (κ3) is 2.78. The maximum atomic E-state index is 13.7. The van der Waals surface area contributed by atoms with Crippen LogP contribution in [-0.4, -0.2) is 20.2 Å². The molecular weight excluding hydrogens is 277 g/mol. The number of hydrogen-bond donors (Lipinski definition) is 0. The van der Waals surface area contributed by atoms with Crippen LogP contribution in [0.15, 0.2) is 17.8 Å². The first-order chi connectivity index (χ1) is 8.97. The van der Waals surface area contributed by atoms with Gasteiger partial charge in [0.25, 0.3) is 0 Å². The number of halogens is 2. The first-order valence-corrected chi connectivity index (χ1v) is 5.24. The van der Waals surface area contributed by atoms with Crippen molar-refractivity contribution in [1.29, 1.82) is 0 Å². The van der Waals surface area contributed by atoms with Gasteiger partial charge >= 0.3 is 5.97 Å². The van der Waals surface area contributed by atoms with Crippen LogP contribution >= 0.6 is 11.6 Å². The van der Waals surface area contributed by atoms with Crippen molar-refractivity contribution in [2.45, 2.75) is 0 Å². The minimum Gasteiger partial charge on any atom is -0.495 e. The molecule has 1 rings (SSSR count). The van der Waals surface area contributed by atoms with Crippen molar-refractivity contribution >= 4 is 28.8 Å². The van der Waals surface area contributed by atoms with E-state index in [-0.39, 0.29) is 21.9 Å². The lowest BCUT2D eigenvalue weighted by atomic mass is 10.1. The van der Waals surface area contributed by atoms with Crippen LogP contribution in [0.1, 0.15) is 5.56 Å². The summed E-state index contributed by atoms with van der Waals surface area (Å²) in [5, 5.41) is 2.88. The summed E-state index contributed by atoms with van der Waals surface area (Å²) >= 11 is 5.87. The molecule has 0 aromatic heterocycles. The highest BCUT2D eigenvalue weighted by atomic mass is 35.5. The van der Waals surface area contributed by atoms with E-state index in [2.05, 4.69) is 21.3 Å². The van der Waals surface area contributed by atoms with Gasteiger partial charge in [-0.05, 0) is 11.6 Å². The van der Waals surface area contributed by atoms with Gasteiger partial charge in [0.1, 0.15) is 11.6 Å². The van der Waals surface area contributed by atoms with Crippen LogP contribution in [-0.2, 0) is 9.53 Å². The maximum absolute atomic E-state index is 13.7. The normalized spacial score (nSPS) is 9.47. The van der Waals surface area contributed by atoms with Gasteiger partial charge in [-0.1, -0.05) is 23.3 Å². The van der Waals surface area contributed by atoms with Crippen LogP contribution < -0.4 is 4.74 Å². The first-order valence-electron chi connectivity index (χ1n) is 4.86. The summed E-state index contributed by atoms with van der Waals surface area (Å²) in [6.45, 7) is 3.48. The number of hydrogen-bond acceptors (Lipinski definition) is 4. The second-order valence-electron chi connectivity index (χ2n) is 3.26. The van der Waals surface area contributed by atoms with Crippen LogP contribution in [0.25, 0.3) is 16.0 Å². The zero-order chi connectivity index (χ0) is 14.6. The largest absolute Gasteiger partial charge is 0.495 e. The highest BCUT2D eigenvalue weighted by Gasteiger charge is 2.22. The van der Waals surface area contributed by atoms with Crippen molar-refractivity contribution in [3.8, 4) is 5.75 Å². The summed E-state index contributed by atoms with van der Waals surface area (Å²) in [5.41, 5.74) is 7.81. The van der Waals surface area contributed by atoms with Gasteiger partial charge in [-0.3, -0.25) is 0 Å². The molecule has 0 aliphatic heterocycles. The van der Waals surface area contributed by atoms with E-state index in [1.54, 1.807) is 0 Å². The Hall–Kier alpha value is -2.24. The Morgan fingerprint density at radius 2 is 2.21 bits per heavy atom. The van der Waals surface area contributed by atoms with Crippen molar-refractivity contribution in [2.75, 3.05) is 14.2 Å². The number of methoxy groups -OCH3 is 2. The van der Waals surface area contributed by atoms with Crippen LogP contribution in [0.4, 0.5) is 10.1 Å². The Kier molecular flexibility index (Phi) is 4.74. The fourth-order valence-electron chi connectivity index (χ4n) is 1.38. The van der Waals surface area contributed by atoms with E-state index in [4.69, 9.17) is 21.9 Å². The fourth-order valence-corrected chi connectivity index (χ4v) is 1.69. The number of carbonyl (C=O) groups is 1. The number of esters is 1. The lowest BCUT2D eigenvalue weighted by molar-refractivity contribution is -0.133. The lowest BCUT2D eigenvalue weighted by Crippen LogP contribution is -2.05. The third-order valence-electron chi connectivity index (χ3n) is 2.25. The molecule has 0 spiro atoms. The molecule has 1 aromatic carbocycles. The van der Waals surface area contributed by atoms with Gasteiger partial charge in [0.15, 0.2) is 0 Å². The van der Waals surface area contributed by atoms with Crippen molar-refractivity contribution in [3.63, 3.8) is 0 Å². The Labute approximate surface area is 113 Å². The fraction of sp³-hybridized carbons (Fsp3) is 0.182. The SMILES string of the molecule is C=C(C(=O)OC)c1cc(F)c(N=[N+]=[N-])c(Cl)c1OC. The van der Waals surface area contributed by atoms with Gasteiger partial charge < -0.3 is 9.47 Å². The first kappa shape index (κ1) is 14.8. The minimum atomic E-state index is -0.899. The molecule has 6 nitrogen and oxygen atoms in total. The molecule has 0 N–H and O–H groups in total. The van der Waals surface area contributed by atoms with Crippen molar-refractivity contribution in [3.05, 3.63) is 39.5 Å². The number of azide groups is 1. The predicted molar refractivity (Wildman–Crippen MR) is 67.8 cm³/mol. The summed E-state index contributed by atoms with van der Waals surface area (Å²) < 4.78 is 23.2. The zero-order valence-electron chi connectivity index (χ0n) is 10.1. The second kappa shape index (κ2) is 6.08. The van der Waals surface area contributed by atoms with Gasteiger partial charge in [0, 0.05) is 10.5 Å². The van der Waals surface area contributed by atoms with Gasteiger partial charge in [-0.25, -0.2) is 9.18 Å². The molecule has 8 heteroatoms. The smallest absolute Gasteiger partial charge is 0.337 e. The molecule has 0 unspecified atom stereocenters. The number of rotatable bonds is 4. The van der Waals surface area contributed by atoms with E-state index in [9.17, 15) is 9.18 Å². The van der Waals surface area contributed by atoms with Crippen LogP contribution in [0, 0.1) is 5.82 Å². The van der Waals surface area contributed by atoms with Gasteiger partial charge in [-0.2, -0.15) is 0 Å². The summed E-state index contributed by atoms with van der Waals surface area (Å²) in [6.07, 6.45) is 0. The van der Waals surface area contributed by atoms with Gasteiger partial charge in [-0.15, -0.1) is 0 Å². The Bertz CT molecular complexity index is 597. The molecule has 1 aromatic rings. The number of nitrogens with zero attached hydrogens (tertiary/aromatic N) is 3. The number of carbonyl (C=O) groups excluding carboxylic acids is 1. The third-order valence-corrected chi connectivity index (χ3v) is 2.61. The van der Waals surface area contributed by atoms with Crippen LogP contribution in [0.2, 0.25) is 5.02 Å². The van der Waals surface area contributed by atoms with Crippen LogP contribution in [0.5, 0.6) is 5.75 Å².